The van der Waals surface area contributed by atoms with Gasteiger partial charge in [0, 0.05) is 17.1 Å². The zero-order valence-corrected chi connectivity index (χ0v) is 10.6. The quantitative estimate of drug-likeness (QED) is 0.843. The van der Waals surface area contributed by atoms with Gasteiger partial charge in [-0.3, -0.25) is 0 Å². The van der Waals surface area contributed by atoms with Crippen molar-refractivity contribution in [2.45, 2.75) is 6.54 Å². The molecule has 1 heterocycles. The van der Waals surface area contributed by atoms with Crippen molar-refractivity contribution in [2.24, 2.45) is 0 Å². The van der Waals surface area contributed by atoms with Gasteiger partial charge in [0.05, 0.1) is 16.9 Å². The molecule has 0 saturated carbocycles. The Balaban J connectivity index is 2.13. The van der Waals surface area contributed by atoms with Crippen LogP contribution in [0.3, 0.4) is 0 Å². The Morgan fingerprint density at radius 2 is 2.06 bits per heavy atom. The molecule has 2 rings (SSSR count). The van der Waals surface area contributed by atoms with Crippen molar-refractivity contribution in [3.8, 4) is 5.75 Å². The minimum Gasteiger partial charge on any atom is -0.506 e. The zero-order chi connectivity index (χ0) is 13.1. The summed E-state index contributed by atoms with van der Waals surface area (Å²) in [4.78, 5) is 3.51. The van der Waals surface area contributed by atoms with Crippen molar-refractivity contribution in [3.63, 3.8) is 0 Å². The molecule has 0 aliphatic rings. The molecule has 0 saturated heterocycles. The highest BCUT2D eigenvalue weighted by Gasteiger charge is 2.07. The van der Waals surface area contributed by atoms with E-state index in [4.69, 9.17) is 23.2 Å². The number of phenolic OH excluding ortho intramolecular Hbond substituents is 1. The lowest BCUT2D eigenvalue weighted by Gasteiger charge is -2.09. The number of nitrogens with zero attached hydrogens (tertiary/aromatic N) is 1. The number of halogens is 3. The molecule has 0 aliphatic heterocycles. The third kappa shape index (κ3) is 3.03. The molecule has 0 spiro atoms. The second kappa shape index (κ2) is 5.42. The van der Waals surface area contributed by atoms with Gasteiger partial charge < -0.3 is 10.4 Å². The highest BCUT2D eigenvalue weighted by molar-refractivity contribution is 6.35. The number of hydrogen-bond donors (Lipinski definition) is 2. The third-order valence-electron chi connectivity index (χ3n) is 2.32. The number of hydrogen-bond acceptors (Lipinski definition) is 3. The number of benzene rings is 1. The maximum absolute atomic E-state index is 12.6. The highest BCUT2D eigenvalue weighted by Crippen LogP contribution is 2.31. The minimum absolute atomic E-state index is 0.0244. The number of pyridine rings is 1. The normalized spacial score (nSPS) is 10.4. The average Bonchev–Trinajstić information content (AvgIpc) is 2.34. The Kier molecular flexibility index (Phi) is 3.89. The Morgan fingerprint density at radius 3 is 2.72 bits per heavy atom. The zero-order valence-electron chi connectivity index (χ0n) is 9.12. The maximum atomic E-state index is 12.6. The maximum Gasteiger partial charge on any atom is 0.212 e. The number of rotatable bonds is 3. The average molecular weight is 287 g/mol. The minimum atomic E-state index is -0.547. The molecule has 2 N–H and O–H groups in total. The summed E-state index contributed by atoms with van der Waals surface area (Å²) >= 11 is 11.6. The topological polar surface area (TPSA) is 45.1 Å². The van der Waals surface area contributed by atoms with Crippen LogP contribution in [0.15, 0.2) is 30.5 Å². The summed E-state index contributed by atoms with van der Waals surface area (Å²) in [5.74, 6) is -0.571. The van der Waals surface area contributed by atoms with Gasteiger partial charge in [-0.15, -0.1) is 0 Å². The van der Waals surface area contributed by atoms with Crippen LogP contribution in [0.1, 0.15) is 5.56 Å². The molecule has 0 bridgehead atoms. The van der Waals surface area contributed by atoms with Crippen molar-refractivity contribution in [1.82, 2.24) is 4.98 Å². The molecule has 0 aliphatic carbocycles. The largest absolute Gasteiger partial charge is 0.506 e. The lowest BCUT2D eigenvalue weighted by molar-refractivity contribution is 0.469. The molecule has 1 aromatic carbocycles. The van der Waals surface area contributed by atoms with Crippen LogP contribution in [-0.4, -0.2) is 10.1 Å². The fourth-order valence-electron chi connectivity index (χ4n) is 1.43. The van der Waals surface area contributed by atoms with E-state index in [2.05, 4.69) is 10.3 Å². The molecule has 0 fully saturated rings. The van der Waals surface area contributed by atoms with E-state index in [0.29, 0.717) is 22.8 Å². The van der Waals surface area contributed by atoms with Gasteiger partial charge >= 0.3 is 0 Å². The molecule has 0 radical (unpaired) electrons. The molecule has 94 valence electrons. The van der Waals surface area contributed by atoms with Gasteiger partial charge in [-0.1, -0.05) is 23.2 Å². The molecule has 6 heteroatoms. The first-order chi connectivity index (χ1) is 8.56. The number of anilines is 1. The van der Waals surface area contributed by atoms with Gasteiger partial charge in [-0.25, -0.2) is 4.98 Å². The summed E-state index contributed by atoms with van der Waals surface area (Å²) in [6.45, 7) is 0.305. The molecule has 1 aromatic heterocycles. The number of nitrogens with one attached hydrogen (secondary N) is 1. The van der Waals surface area contributed by atoms with Gasteiger partial charge in [-0.05, 0) is 24.3 Å². The first-order valence-corrected chi connectivity index (χ1v) is 5.84. The van der Waals surface area contributed by atoms with Crippen LogP contribution in [0.25, 0.3) is 0 Å². The summed E-state index contributed by atoms with van der Waals surface area (Å²) < 4.78 is 12.6. The Hall–Kier alpha value is -1.52. The van der Waals surface area contributed by atoms with Crippen LogP contribution >= 0.6 is 23.2 Å². The predicted octanol–water partition coefficient (Wildman–Crippen LogP) is 3.85. The predicted molar refractivity (Wildman–Crippen MR) is 69.6 cm³/mol. The van der Waals surface area contributed by atoms with Crippen molar-refractivity contribution < 1.29 is 9.50 Å². The summed E-state index contributed by atoms with van der Waals surface area (Å²) in [5.41, 5.74) is 1.18. The Morgan fingerprint density at radius 1 is 1.28 bits per heavy atom. The van der Waals surface area contributed by atoms with E-state index in [9.17, 15) is 9.50 Å². The number of aromatic nitrogens is 1. The van der Waals surface area contributed by atoms with Crippen LogP contribution in [0, 0.1) is 5.95 Å². The summed E-state index contributed by atoms with van der Waals surface area (Å²) in [6.07, 6.45) is 1.36. The standard InChI is InChI=1S/C12H9Cl2FN2O/c13-8-3-7(12(18)10(14)4-8)5-16-9-1-2-11(15)17-6-9/h1-4,6,16,18H,5H2. The van der Waals surface area contributed by atoms with E-state index in [1.807, 2.05) is 0 Å². The molecule has 2 aromatic rings. The summed E-state index contributed by atoms with van der Waals surface area (Å²) in [7, 11) is 0. The Labute approximate surface area is 113 Å². The van der Waals surface area contributed by atoms with Crippen LogP contribution in [0.4, 0.5) is 10.1 Å². The van der Waals surface area contributed by atoms with Crippen molar-refractivity contribution >= 4 is 28.9 Å². The smallest absolute Gasteiger partial charge is 0.212 e. The van der Waals surface area contributed by atoms with Crippen LogP contribution in [-0.2, 0) is 6.54 Å². The summed E-state index contributed by atoms with van der Waals surface area (Å²) in [5, 5.41) is 13.3. The second-order valence-corrected chi connectivity index (χ2v) is 4.46. The Bertz CT molecular complexity index is 561. The molecule has 3 nitrogen and oxygen atoms in total. The fraction of sp³-hybridized carbons (Fsp3) is 0.0833. The van der Waals surface area contributed by atoms with E-state index in [1.54, 1.807) is 12.1 Å². The number of aromatic hydroxyl groups is 1. The van der Waals surface area contributed by atoms with Crippen LogP contribution in [0.2, 0.25) is 10.0 Å². The van der Waals surface area contributed by atoms with E-state index < -0.39 is 5.95 Å². The SMILES string of the molecule is Oc1c(Cl)cc(Cl)cc1CNc1ccc(F)nc1. The van der Waals surface area contributed by atoms with Gasteiger partial charge in [0.2, 0.25) is 5.95 Å². The van der Waals surface area contributed by atoms with E-state index in [0.717, 1.165) is 0 Å². The third-order valence-corrected chi connectivity index (χ3v) is 2.82. The highest BCUT2D eigenvalue weighted by atomic mass is 35.5. The first-order valence-electron chi connectivity index (χ1n) is 5.08. The van der Waals surface area contributed by atoms with Crippen LogP contribution < -0.4 is 5.32 Å². The van der Waals surface area contributed by atoms with E-state index in [1.165, 1.54) is 18.3 Å². The number of phenols is 1. The van der Waals surface area contributed by atoms with Gasteiger partial charge in [0.1, 0.15) is 5.75 Å². The lowest BCUT2D eigenvalue weighted by Crippen LogP contribution is -2.00. The monoisotopic (exact) mass is 286 g/mol. The molecular formula is C12H9Cl2FN2O. The molecule has 18 heavy (non-hydrogen) atoms. The second-order valence-electron chi connectivity index (χ2n) is 3.62. The van der Waals surface area contributed by atoms with Crippen molar-refractivity contribution in [3.05, 3.63) is 52.0 Å². The molecule has 0 amide bonds. The molecule has 0 unspecified atom stereocenters. The van der Waals surface area contributed by atoms with E-state index in [-0.39, 0.29) is 10.8 Å². The van der Waals surface area contributed by atoms with Crippen molar-refractivity contribution in [1.29, 1.82) is 0 Å². The lowest BCUT2D eigenvalue weighted by atomic mass is 10.2. The van der Waals surface area contributed by atoms with Gasteiger partial charge in [0.25, 0.3) is 0 Å². The van der Waals surface area contributed by atoms with Crippen LogP contribution in [0.5, 0.6) is 5.75 Å². The van der Waals surface area contributed by atoms with Gasteiger partial charge in [0.15, 0.2) is 0 Å². The summed E-state index contributed by atoms with van der Waals surface area (Å²) in [6, 6.07) is 5.85. The molecule has 0 atom stereocenters. The fourth-order valence-corrected chi connectivity index (χ4v) is 1.97. The molecular weight excluding hydrogens is 278 g/mol. The van der Waals surface area contributed by atoms with Crippen molar-refractivity contribution in [2.75, 3.05) is 5.32 Å². The van der Waals surface area contributed by atoms with Gasteiger partial charge in [-0.2, -0.15) is 4.39 Å². The van der Waals surface area contributed by atoms with E-state index >= 15 is 0 Å². The first kappa shape index (κ1) is 12.9.